The van der Waals surface area contributed by atoms with E-state index in [4.69, 9.17) is 14.2 Å². The Morgan fingerprint density at radius 3 is 2.44 bits per heavy atom. The monoisotopic (exact) mass is 374 g/mol. The Kier molecular flexibility index (Phi) is 4.04. The molecule has 27 heavy (non-hydrogen) atoms. The third-order valence-electron chi connectivity index (χ3n) is 7.62. The average Bonchev–Trinajstić information content (AvgIpc) is 3.03. The fraction of sp³-hybridized carbons (Fsp3) is 0.727. The standard InChI is InChI=1S/C22H30O5/c1-14(23)27-16-13-20(4)7-6-15(24)12-17(20)21(5)8-9-22(25-10-11-26-22)19(2,3)18(16)21/h6-7,12,16,18H,8-11,13H2,1-5H3/t16-,18-,20?,21?/m0/s1. The summed E-state index contributed by atoms with van der Waals surface area (Å²) >= 11 is 0. The molecule has 0 bridgehead atoms. The van der Waals surface area contributed by atoms with Crippen LogP contribution in [0.1, 0.15) is 53.9 Å². The van der Waals surface area contributed by atoms with Crippen LogP contribution in [0.25, 0.3) is 0 Å². The normalized spacial score (nSPS) is 41.7. The van der Waals surface area contributed by atoms with Gasteiger partial charge < -0.3 is 14.2 Å². The first kappa shape index (κ1) is 18.9. The molecule has 4 atom stereocenters. The Bertz CT molecular complexity index is 742. The van der Waals surface area contributed by atoms with Crippen molar-refractivity contribution in [2.75, 3.05) is 13.2 Å². The summed E-state index contributed by atoms with van der Waals surface area (Å²) in [5.41, 5.74) is 0.245. The fourth-order valence-corrected chi connectivity index (χ4v) is 6.65. The van der Waals surface area contributed by atoms with Crippen molar-refractivity contribution >= 4 is 11.8 Å². The van der Waals surface area contributed by atoms with Gasteiger partial charge in [0.05, 0.1) is 13.2 Å². The van der Waals surface area contributed by atoms with Crippen LogP contribution in [0.2, 0.25) is 0 Å². The van der Waals surface area contributed by atoms with E-state index in [9.17, 15) is 9.59 Å². The molecule has 5 heteroatoms. The van der Waals surface area contributed by atoms with Crippen molar-refractivity contribution in [2.45, 2.75) is 65.8 Å². The lowest BCUT2D eigenvalue weighted by Gasteiger charge is -2.65. The van der Waals surface area contributed by atoms with E-state index in [0.29, 0.717) is 19.6 Å². The van der Waals surface area contributed by atoms with Crippen LogP contribution in [-0.4, -0.2) is 36.9 Å². The highest BCUT2D eigenvalue weighted by Gasteiger charge is 2.68. The van der Waals surface area contributed by atoms with Crippen molar-refractivity contribution in [3.8, 4) is 0 Å². The predicted molar refractivity (Wildman–Crippen MR) is 99.8 cm³/mol. The van der Waals surface area contributed by atoms with Crippen LogP contribution < -0.4 is 0 Å². The quantitative estimate of drug-likeness (QED) is 0.657. The van der Waals surface area contributed by atoms with Gasteiger partial charge in [0.1, 0.15) is 6.10 Å². The van der Waals surface area contributed by atoms with Crippen LogP contribution in [-0.2, 0) is 23.8 Å². The summed E-state index contributed by atoms with van der Waals surface area (Å²) in [6, 6.07) is 0. The molecule has 0 aromatic rings. The average molecular weight is 374 g/mol. The number of rotatable bonds is 1. The number of hydrogen-bond donors (Lipinski definition) is 0. The number of ketones is 1. The lowest BCUT2D eigenvalue weighted by atomic mass is 9.43. The van der Waals surface area contributed by atoms with Crippen molar-refractivity contribution in [2.24, 2.45) is 22.2 Å². The Balaban J connectivity index is 1.86. The zero-order chi connectivity index (χ0) is 19.7. The smallest absolute Gasteiger partial charge is 0.302 e. The molecular weight excluding hydrogens is 344 g/mol. The molecule has 2 unspecified atom stereocenters. The van der Waals surface area contributed by atoms with Gasteiger partial charge in [-0.15, -0.1) is 0 Å². The van der Waals surface area contributed by atoms with Gasteiger partial charge in [-0.05, 0) is 30.4 Å². The topological polar surface area (TPSA) is 61.8 Å². The van der Waals surface area contributed by atoms with Gasteiger partial charge in [-0.3, -0.25) is 9.59 Å². The maximum absolute atomic E-state index is 12.2. The summed E-state index contributed by atoms with van der Waals surface area (Å²) in [7, 11) is 0. The predicted octanol–water partition coefficient (Wildman–Crippen LogP) is 3.58. The van der Waals surface area contributed by atoms with Crippen LogP contribution in [0.5, 0.6) is 0 Å². The molecule has 1 aliphatic heterocycles. The third kappa shape index (κ3) is 2.51. The molecule has 0 aromatic heterocycles. The Morgan fingerprint density at radius 2 is 1.81 bits per heavy atom. The van der Waals surface area contributed by atoms with Crippen LogP contribution in [0.15, 0.2) is 23.8 Å². The molecular formula is C22H30O5. The molecule has 3 aliphatic carbocycles. The first-order valence-corrected chi connectivity index (χ1v) is 9.95. The largest absolute Gasteiger partial charge is 0.462 e. The van der Waals surface area contributed by atoms with E-state index in [1.807, 2.05) is 12.2 Å². The second-order valence-corrected chi connectivity index (χ2v) is 9.63. The maximum atomic E-state index is 12.2. The summed E-state index contributed by atoms with van der Waals surface area (Å²) in [5, 5.41) is 0. The summed E-state index contributed by atoms with van der Waals surface area (Å²) < 4.78 is 18.2. The second-order valence-electron chi connectivity index (χ2n) is 9.63. The Hall–Kier alpha value is -1.46. The zero-order valence-electron chi connectivity index (χ0n) is 17.0. The Morgan fingerprint density at radius 1 is 1.15 bits per heavy atom. The summed E-state index contributed by atoms with van der Waals surface area (Å²) in [5.74, 6) is -0.879. The minimum atomic E-state index is -0.654. The van der Waals surface area contributed by atoms with Crippen molar-refractivity contribution in [1.82, 2.24) is 0 Å². The number of allylic oxidation sites excluding steroid dienone is 4. The summed E-state index contributed by atoms with van der Waals surface area (Å²) in [6.07, 6.45) is 7.49. The van der Waals surface area contributed by atoms with E-state index in [0.717, 1.165) is 18.4 Å². The zero-order valence-corrected chi connectivity index (χ0v) is 17.0. The van der Waals surface area contributed by atoms with Crippen LogP contribution in [0.3, 0.4) is 0 Å². The van der Waals surface area contributed by atoms with E-state index >= 15 is 0 Å². The molecule has 1 spiro atoms. The number of carbonyl (C=O) groups is 2. The first-order valence-electron chi connectivity index (χ1n) is 9.95. The van der Waals surface area contributed by atoms with E-state index in [1.54, 1.807) is 6.08 Å². The van der Waals surface area contributed by atoms with E-state index < -0.39 is 5.79 Å². The van der Waals surface area contributed by atoms with Gasteiger partial charge in [0, 0.05) is 30.1 Å². The molecule has 2 saturated carbocycles. The SMILES string of the molecule is CC(=O)O[C@H]1CC2(C)C=CC(=O)C=C2C2(C)CCC3(OCCO3)C(C)(C)[C@H]12. The minimum Gasteiger partial charge on any atom is -0.462 e. The first-order chi connectivity index (χ1) is 12.5. The van der Waals surface area contributed by atoms with Crippen molar-refractivity contribution in [3.63, 3.8) is 0 Å². The van der Waals surface area contributed by atoms with Gasteiger partial charge in [-0.25, -0.2) is 0 Å². The molecule has 5 nitrogen and oxygen atoms in total. The van der Waals surface area contributed by atoms with Gasteiger partial charge in [-0.1, -0.05) is 39.3 Å². The minimum absolute atomic E-state index is 0.000579. The van der Waals surface area contributed by atoms with Crippen LogP contribution in [0.4, 0.5) is 0 Å². The molecule has 4 aliphatic rings. The van der Waals surface area contributed by atoms with Crippen molar-refractivity contribution in [1.29, 1.82) is 0 Å². The van der Waals surface area contributed by atoms with E-state index in [-0.39, 0.29) is 40.0 Å². The van der Waals surface area contributed by atoms with Crippen LogP contribution >= 0.6 is 0 Å². The number of carbonyl (C=O) groups excluding carboxylic acids is 2. The highest BCUT2D eigenvalue weighted by Crippen LogP contribution is 2.68. The number of fused-ring (bicyclic) bond motifs is 3. The molecule has 0 N–H and O–H groups in total. The number of esters is 1. The highest BCUT2D eigenvalue weighted by molar-refractivity contribution is 6.01. The molecule has 3 fully saturated rings. The third-order valence-corrected chi connectivity index (χ3v) is 7.62. The molecule has 0 aromatic carbocycles. The van der Waals surface area contributed by atoms with Gasteiger partial charge >= 0.3 is 5.97 Å². The molecule has 0 amide bonds. The lowest BCUT2D eigenvalue weighted by Crippen LogP contribution is -2.66. The molecule has 4 rings (SSSR count). The summed E-state index contributed by atoms with van der Waals surface area (Å²) in [4.78, 5) is 24.2. The van der Waals surface area contributed by atoms with Gasteiger partial charge in [0.2, 0.25) is 0 Å². The van der Waals surface area contributed by atoms with E-state index in [1.165, 1.54) is 6.92 Å². The number of hydrogen-bond acceptors (Lipinski definition) is 5. The summed E-state index contributed by atoms with van der Waals surface area (Å²) in [6.45, 7) is 11.4. The molecule has 148 valence electrons. The highest BCUT2D eigenvalue weighted by atomic mass is 16.7. The number of ether oxygens (including phenoxy) is 3. The molecule has 0 radical (unpaired) electrons. The second kappa shape index (κ2) is 5.77. The van der Waals surface area contributed by atoms with E-state index in [2.05, 4.69) is 27.7 Å². The lowest BCUT2D eigenvalue weighted by molar-refractivity contribution is -0.298. The van der Waals surface area contributed by atoms with Gasteiger partial charge in [-0.2, -0.15) is 0 Å². The van der Waals surface area contributed by atoms with Gasteiger partial charge in [0.15, 0.2) is 11.6 Å². The van der Waals surface area contributed by atoms with Crippen LogP contribution in [0, 0.1) is 22.2 Å². The fourth-order valence-electron chi connectivity index (χ4n) is 6.65. The molecule has 1 saturated heterocycles. The Labute approximate surface area is 161 Å². The maximum Gasteiger partial charge on any atom is 0.302 e. The van der Waals surface area contributed by atoms with Crippen molar-refractivity contribution < 1.29 is 23.8 Å². The van der Waals surface area contributed by atoms with Gasteiger partial charge in [0.25, 0.3) is 0 Å². The van der Waals surface area contributed by atoms with Crippen molar-refractivity contribution in [3.05, 3.63) is 23.8 Å². The molecule has 1 heterocycles.